The highest BCUT2D eigenvalue weighted by Gasteiger charge is 2.27. The lowest BCUT2D eigenvalue weighted by molar-refractivity contribution is -0.118. The number of piperidine rings is 1. The summed E-state index contributed by atoms with van der Waals surface area (Å²) in [4.78, 5) is 14.2. The molecule has 0 radical (unpaired) electrons. The fourth-order valence-corrected chi connectivity index (χ4v) is 2.74. The van der Waals surface area contributed by atoms with Crippen molar-refractivity contribution in [2.45, 2.75) is 25.9 Å². The van der Waals surface area contributed by atoms with Crippen LogP contribution in [0, 0.1) is 5.92 Å². The van der Waals surface area contributed by atoms with E-state index in [1.165, 1.54) is 0 Å². The molecule has 5 nitrogen and oxygen atoms in total. The number of ether oxygens (including phenoxy) is 1. The number of carbonyl (C=O) groups excluding carboxylic acids is 1. The third-order valence-electron chi connectivity index (χ3n) is 4.02. The number of carbonyl (C=O) groups is 1. The molecular weight excluding hydrogens is 268 g/mol. The fourth-order valence-electron chi connectivity index (χ4n) is 2.74. The van der Waals surface area contributed by atoms with Gasteiger partial charge in [0.05, 0.1) is 19.8 Å². The average molecular weight is 292 g/mol. The minimum atomic E-state index is -0.229. The number of hydrogen-bond donors (Lipinski definition) is 2. The van der Waals surface area contributed by atoms with Gasteiger partial charge in [-0.2, -0.15) is 0 Å². The molecule has 2 unspecified atom stereocenters. The van der Waals surface area contributed by atoms with Crippen LogP contribution < -0.4 is 10.1 Å². The third-order valence-corrected chi connectivity index (χ3v) is 4.02. The summed E-state index contributed by atoms with van der Waals surface area (Å²) in [5.41, 5.74) is 0.739. The van der Waals surface area contributed by atoms with Gasteiger partial charge in [-0.3, -0.25) is 9.69 Å². The Morgan fingerprint density at radius 1 is 1.52 bits per heavy atom. The number of nitrogens with zero attached hydrogens (tertiary/aromatic N) is 1. The zero-order valence-corrected chi connectivity index (χ0v) is 12.7. The van der Waals surface area contributed by atoms with Crippen molar-refractivity contribution < 1.29 is 14.6 Å². The second-order valence-corrected chi connectivity index (χ2v) is 5.54. The number of aliphatic hydroxyl groups is 1. The number of benzene rings is 1. The molecule has 2 atom stereocenters. The normalized spacial score (nSPS) is 22.8. The van der Waals surface area contributed by atoms with Crippen molar-refractivity contribution >= 4 is 11.6 Å². The average Bonchev–Trinajstić information content (AvgIpc) is 2.49. The first-order valence-corrected chi connectivity index (χ1v) is 7.46. The van der Waals surface area contributed by atoms with E-state index < -0.39 is 0 Å². The van der Waals surface area contributed by atoms with Crippen LogP contribution >= 0.6 is 0 Å². The molecule has 116 valence electrons. The predicted molar refractivity (Wildman–Crippen MR) is 82.5 cm³/mol. The maximum absolute atomic E-state index is 12.1. The van der Waals surface area contributed by atoms with Gasteiger partial charge in [0.25, 0.3) is 0 Å². The van der Waals surface area contributed by atoms with E-state index in [-0.39, 0.29) is 17.9 Å². The van der Waals surface area contributed by atoms with E-state index in [9.17, 15) is 9.90 Å². The molecule has 0 bridgehead atoms. The summed E-state index contributed by atoms with van der Waals surface area (Å²) >= 11 is 0. The van der Waals surface area contributed by atoms with Gasteiger partial charge in [0.1, 0.15) is 5.75 Å². The number of likely N-dealkylation sites (tertiary alicyclic amines) is 1. The smallest absolute Gasteiger partial charge is 0.238 e. The van der Waals surface area contributed by atoms with Gasteiger partial charge >= 0.3 is 0 Å². The Morgan fingerprint density at radius 3 is 3.05 bits per heavy atom. The fraction of sp³-hybridized carbons (Fsp3) is 0.562. The number of amides is 1. The molecule has 0 aliphatic carbocycles. The van der Waals surface area contributed by atoms with Gasteiger partial charge in [-0.05, 0) is 30.9 Å². The number of anilines is 1. The lowest BCUT2D eigenvalue weighted by Gasteiger charge is -2.35. The van der Waals surface area contributed by atoms with Crippen molar-refractivity contribution in [3.63, 3.8) is 0 Å². The van der Waals surface area contributed by atoms with Crippen LogP contribution in [0.5, 0.6) is 5.75 Å². The van der Waals surface area contributed by atoms with Crippen LogP contribution in [0.1, 0.15) is 19.8 Å². The molecule has 0 aromatic heterocycles. The second-order valence-electron chi connectivity index (χ2n) is 5.54. The molecule has 5 heteroatoms. The lowest BCUT2D eigenvalue weighted by atomic mass is 9.92. The zero-order valence-electron chi connectivity index (χ0n) is 12.7. The van der Waals surface area contributed by atoms with Crippen LogP contribution in [0.25, 0.3) is 0 Å². The molecule has 2 N–H and O–H groups in total. The summed E-state index contributed by atoms with van der Waals surface area (Å²) in [7, 11) is 1.60. The highest BCUT2D eigenvalue weighted by atomic mass is 16.5. The molecule has 1 saturated heterocycles. The van der Waals surface area contributed by atoms with Crippen molar-refractivity contribution in [1.82, 2.24) is 4.90 Å². The maximum atomic E-state index is 12.1. The molecule has 1 aliphatic heterocycles. The highest BCUT2D eigenvalue weighted by Crippen LogP contribution is 2.20. The number of nitrogens with one attached hydrogen (secondary N) is 1. The van der Waals surface area contributed by atoms with Gasteiger partial charge in [-0.1, -0.05) is 13.0 Å². The van der Waals surface area contributed by atoms with Crippen LogP contribution in [0.15, 0.2) is 24.3 Å². The number of hydrogen-bond acceptors (Lipinski definition) is 4. The Kier molecular flexibility index (Phi) is 5.59. The van der Waals surface area contributed by atoms with Gasteiger partial charge in [0.15, 0.2) is 0 Å². The standard InChI is InChI=1S/C16H24N2O3/c1-3-12-10-18(8-7-15(12)19)11-16(20)17-13-5-4-6-14(9-13)21-2/h4-6,9,12,15,19H,3,7-8,10-11H2,1-2H3,(H,17,20). The predicted octanol–water partition coefficient (Wildman–Crippen LogP) is 1.73. The van der Waals surface area contributed by atoms with E-state index in [4.69, 9.17) is 4.74 Å². The Labute approximate surface area is 125 Å². The van der Waals surface area contributed by atoms with Crippen molar-refractivity contribution in [2.75, 3.05) is 32.1 Å². The van der Waals surface area contributed by atoms with Crippen LogP contribution in [0.2, 0.25) is 0 Å². The minimum Gasteiger partial charge on any atom is -0.497 e. The van der Waals surface area contributed by atoms with E-state index in [1.807, 2.05) is 18.2 Å². The summed E-state index contributed by atoms with van der Waals surface area (Å²) in [6.07, 6.45) is 1.45. The summed E-state index contributed by atoms with van der Waals surface area (Å²) in [6, 6.07) is 7.33. The van der Waals surface area contributed by atoms with Gasteiger partial charge in [0, 0.05) is 24.8 Å². The summed E-state index contributed by atoms with van der Waals surface area (Å²) < 4.78 is 5.14. The number of rotatable bonds is 5. The monoisotopic (exact) mass is 292 g/mol. The van der Waals surface area contributed by atoms with Crippen LogP contribution in [0.4, 0.5) is 5.69 Å². The first kappa shape index (κ1) is 15.8. The van der Waals surface area contributed by atoms with E-state index >= 15 is 0 Å². The molecule has 2 rings (SSSR count). The van der Waals surface area contributed by atoms with Gasteiger partial charge < -0.3 is 15.2 Å². The Balaban J connectivity index is 1.86. The molecule has 1 aliphatic rings. The van der Waals surface area contributed by atoms with Gasteiger partial charge in [0.2, 0.25) is 5.91 Å². The minimum absolute atomic E-state index is 0.0329. The Hall–Kier alpha value is -1.59. The molecule has 0 spiro atoms. The lowest BCUT2D eigenvalue weighted by Crippen LogP contribution is -2.45. The van der Waals surface area contributed by atoms with Gasteiger partial charge in [-0.25, -0.2) is 0 Å². The second kappa shape index (κ2) is 7.43. The number of aliphatic hydroxyl groups excluding tert-OH is 1. The van der Waals surface area contributed by atoms with E-state index in [0.717, 1.165) is 37.4 Å². The Bertz CT molecular complexity index is 478. The maximum Gasteiger partial charge on any atom is 0.238 e. The first-order chi connectivity index (χ1) is 10.1. The first-order valence-electron chi connectivity index (χ1n) is 7.46. The van der Waals surface area contributed by atoms with Crippen LogP contribution in [-0.4, -0.2) is 48.8 Å². The molecule has 1 amide bonds. The molecular formula is C16H24N2O3. The van der Waals surface area contributed by atoms with Gasteiger partial charge in [-0.15, -0.1) is 0 Å². The molecule has 1 heterocycles. The van der Waals surface area contributed by atoms with E-state index in [1.54, 1.807) is 13.2 Å². The highest BCUT2D eigenvalue weighted by molar-refractivity contribution is 5.92. The summed E-state index contributed by atoms with van der Waals surface area (Å²) in [6.45, 7) is 3.99. The summed E-state index contributed by atoms with van der Waals surface area (Å²) in [5, 5.41) is 12.8. The van der Waals surface area contributed by atoms with Crippen molar-refractivity contribution in [2.24, 2.45) is 5.92 Å². The largest absolute Gasteiger partial charge is 0.497 e. The zero-order chi connectivity index (χ0) is 15.2. The van der Waals surface area contributed by atoms with Crippen molar-refractivity contribution in [3.8, 4) is 5.75 Å². The van der Waals surface area contributed by atoms with Crippen molar-refractivity contribution in [3.05, 3.63) is 24.3 Å². The number of methoxy groups -OCH3 is 1. The van der Waals surface area contributed by atoms with Crippen LogP contribution in [0.3, 0.4) is 0 Å². The summed E-state index contributed by atoms with van der Waals surface area (Å²) in [5.74, 6) is 0.956. The molecule has 21 heavy (non-hydrogen) atoms. The molecule has 1 aromatic carbocycles. The molecule has 1 aromatic rings. The Morgan fingerprint density at radius 2 is 2.33 bits per heavy atom. The van der Waals surface area contributed by atoms with Crippen LogP contribution in [-0.2, 0) is 4.79 Å². The van der Waals surface area contributed by atoms with E-state index in [0.29, 0.717) is 6.54 Å². The SMILES string of the molecule is CCC1CN(CC(=O)Nc2cccc(OC)c2)CCC1O. The third kappa shape index (κ3) is 4.44. The van der Waals surface area contributed by atoms with Crippen molar-refractivity contribution in [1.29, 1.82) is 0 Å². The quantitative estimate of drug-likeness (QED) is 0.867. The molecule has 0 saturated carbocycles. The molecule has 1 fully saturated rings. The topological polar surface area (TPSA) is 61.8 Å². The van der Waals surface area contributed by atoms with E-state index in [2.05, 4.69) is 17.1 Å².